The average Bonchev–Trinajstić information content (AvgIpc) is 3.11. The Morgan fingerprint density at radius 3 is 2.88 bits per heavy atom. The molecule has 1 aromatic heterocycles. The van der Waals surface area contributed by atoms with Crippen LogP contribution in [0.15, 0.2) is 59.3 Å². The zero-order chi connectivity index (χ0) is 17.8. The fraction of sp³-hybridized carbons (Fsp3) is 0.158. The fourth-order valence-electron chi connectivity index (χ4n) is 2.51. The van der Waals surface area contributed by atoms with Crippen molar-refractivity contribution in [3.8, 4) is 11.5 Å². The summed E-state index contributed by atoms with van der Waals surface area (Å²) in [4.78, 5) is 16.3. The van der Waals surface area contributed by atoms with Gasteiger partial charge in [-0.05, 0) is 42.3 Å². The Morgan fingerprint density at radius 1 is 1.32 bits per heavy atom. The van der Waals surface area contributed by atoms with Gasteiger partial charge in [0, 0.05) is 11.3 Å². The van der Waals surface area contributed by atoms with Gasteiger partial charge < -0.3 is 14.8 Å². The van der Waals surface area contributed by atoms with Gasteiger partial charge in [0.05, 0.1) is 18.7 Å². The van der Waals surface area contributed by atoms with Gasteiger partial charge in [-0.2, -0.15) is 0 Å². The lowest BCUT2D eigenvalue weighted by Crippen LogP contribution is -2.15. The van der Waals surface area contributed by atoms with Crippen LogP contribution < -0.4 is 5.32 Å². The Balaban J connectivity index is 1.70. The lowest BCUT2D eigenvalue weighted by Gasteiger charge is -2.12. The number of aliphatic hydroxyl groups excluding tert-OH is 1. The maximum atomic E-state index is 13.2. The molecule has 0 aliphatic heterocycles. The molecule has 0 aliphatic rings. The second kappa shape index (κ2) is 7.27. The Hall–Kier alpha value is -2.99. The van der Waals surface area contributed by atoms with Crippen LogP contribution in [0.3, 0.4) is 0 Å². The number of amides is 1. The van der Waals surface area contributed by atoms with Crippen LogP contribution in [0.5, 0.6) is 0 Å². The van der Waals surface area contributed by atoms with E-state index in [0.717, 1.165) is 11.1 Å². The number of oxazole rings is 1. The number of aliphatic hydroxyl groups is 1. The van der Waals surface area contributed by atoms with E-state index in [2.05, 4.69) is 10.3 Å². The van der Waals surface area contributed by atoms with Crippen molar-refractivity contribution in [1.82, 2.24) is 4.98 Å². The molecule has 0 aliphatic carbocycles. The quantitative estimate of drug-likeness (QED) is 0.740. The molecule has 25 heavy (non-hydrogen) atoms. The van der Waals surface area contributed by atoms with Crippen LogP contribution in [0.1, 0.15) is 23.7 Å². The van der Waals surface area contributed by atoms with E-state index in [0.29, 0.717) is 17.1 Å². The highest BCUT2D eigenvalue weighted by atomic mass is 19.1. The maximum absolute atomic E-state index is 13.2. The van der Waals surface area contributed by atoms with Crippen LogP contribution in [0.2, 0.25) is 0 Å². The zero-order valence-corrected chi connectivity index (χ0v) is 13.6. The number of nitrogens with one attached hydrogen (secondary N) is 1. The molecule has 0 saturated carbocycles. The van der Waals surface area contributed by atoms with E-state index < -0.39 is 11.9 Å². The molecule has 6 heteroatoms. The van der Waals surface area contributed by atoms with Crippen molar-refractivity contribution in [2.45, 2.75) is 19.4 Å². The molecule has 0 spiro atoms. The molecule has 0 bridgehead atoms. The normalized spacial score (nSPS) is 12.0. The van der Waals surface area contributed by atoms with Crippen LogP contribution in [-0.2, 0) is 4.79 Å². The number of carbonyl (C=O) groups excluding carboxylic acids is 1. The van der Waals surface area contributed by atoms with E-state index in [9.17, 15) is 14.3 Å². The Morgan fingerprint density at radius 2 is 2.16 bits per heavy atom. The smallest absolute Gasteiger partial charge is 0.227 e. The molecule has 1 unspecified atom stereocenters. The van der Waals surface area contributed by atoms with E-state index in [1.165, 1.54) is 24.5 Å². The molecule has 0 radical (unpaired) electrons. The average molecular weight is 340 g/mol. The summed E-state index contributed by atoms with van der Waals surface area (Å²) in [7, 11) is 0. The van der Waals surface area contributed by atoms with Crippen LogP contribution in [0.25, 0.3) is 11.5 Å². The van der Waals surface area contributed by atoms with Crippen LogP contribution >= 0.6 is 0 Å². The topological polar surface area (TPSA) is 75.4 Å². The van der Waals surface area contributed by atoms with E-state index in [4.69, 9.17) is 4.42 Å². The molecule has 1 heterocycles. The van der Waals surface area contributed by atoms with Crippen LogP contribution in [0, 0.1) is 12.7 Å². The molecule has 2 aromatic carbocycles. The summed E-state index contributed by atoms with van der Waals surface area (Å²) in [6.45, 7) is 1.92. The van der Waals surface area contributed by atoms with Gasteiger partial charge in [-0.1, -0.05) is 18.2 Å². The SMILES string of the molecule is Cc1ccc(NC(=O)CC(O)c2cccc(F)c2)cc1-c1ncco1. The minimum absolute atomic E-state index is 0.175. The number of nitrogens with zero attached hydrogens (tertiary/aromatic N) is 1. The van der Waals surface area contributed by atoms with Gasteiger partial charge in [0.2, 0.25) is 11.8 Å². The van der Waals surface area contributed by atoms with Crippen molar-refractivity contribution < 1.29 is 18.7 Å². The van der Waals surface area contributed by atoms with Crippen molar-refractivity contribution in [2.75, 3.05) is 5.32 Å². The molecule has 3 rings (SSSR count). The first-order valence-electron chi connectivity index (χ1n) is 7.77. The fourth-order valence-corrected chi connectivity index (χ4v) is 2.51. The molecule has 5 nitrogen and oxygen atoms in total. The van der Waals surface area contributed by atoms with Gasteiger partial charge in [0.15, 0.2) is 0 Å². The highest BCUT2D eigenvalue weighted by Crippen LogP contribution is 2.26. The standard InChI is InChI=1S/C19H17FN2O3/c1-12-5-6-15(10-16(12)19-21-7-8-25-19)22-18(24)11-17(23)13-3-2-4-14(20)9-13/h2-10,17,23H,11H2,1H3,(H,22,24). The summed E-state index contributed by atoms with van der Waals surface area (Å²) in [6.07, 6.45) is 1.78. The van der Waals surface area contributed by atoms with Crippen molar-refractivity contribution in [3.63, 3.8) is 0 Å². The molecule has 0 fully saturated rings. The first-order chi connectivity index (χ1) is 12.0. The molecule has 0 saturated heterocycles. The Kier molecular flexibility index (Phi) is 4.90. The molecular weight excluding hydrogens is 323 g/mol. The van der Waals surface area contributed by atoms with E-state index in [-0.39, 0.29) is 12.3 Å². The van der Waals surface area contributed by atoms with E-state index >= 15 is 0 Å². The Labute approximate surface area is 144 Å². The third kappa shape index (κ3) is 4.10. The predicted octanol–water partition coefficient (Wildman–Crippen LogP) is 3.85. The first kappa shape index (κ1) is 16.9. The summed E-state index contributed by atoms with van der Waals surface area (Å²) in [5.41, 5.74) is 2.66. The van der Waals surface area contributed by atoms with Gasteiger partial charge in [0.1, 0.15) is 12.1 Å². The minimum Gasteiger partial charge on any atom is -0.445 e. The summed E-state index contributed by atoms with van der Waals surface area (Å²) in [5.74, 6) is -0.363. The van der Waals surface area contributed by atoms with Gasteiger partial charge in [0.25, 0.3) is 0 Å². The summed E-state index contributed by atoms with van der Waals surface area (Å²) < 4.78 is 18.5. The Bertz CT molecular complexity index is 878. The van der Waals surface area contributed by atoms with Crippen molar-refractivity contribution >= 4 is 11.6 Å². The lowest BCUT2D eigenvalue weighted by molar-refractivity contribution is -0.118. The zero-order valence-electron chi connectivity index (χ0n) is 13.6. The van der Waals surface area contributed by atoms with Gasteiger partial charge in [-0.3, -0.25) is 4.79 Å². The van der Waals surface area contributed by atoms with Crippen molar-refractivity contribution in [3.05, 3.63) is 71.9 Å². The number of aryl methyl sites for hydroxylation is 1. The molecular formula is C19H17FN2O3. The monoisotopic (exact) mass is 340 g/mol. The number of anilines is 1. The van der Waals surface area contributed by atoms with Crippen LogP contribution in [0.4, 0.5) is 10.1 Å². The number of benzene rings is 2. The number of halogens is 1. The van der Waals surface area contributed by atoms with Crippen molar-refractivity contribution in [1.29, 1.82) is 0 Å². The second-order valence-corrected chi connectivity index (χ2v) is 5.69. The second-order valence-electron chi connectivity index (χ2n) is 5.69. The van der Waals surface area contributed by atoms with Crippen LogP contribution in [-0.4, -0.2) is 16.0 Å². The van der Waals surface area contributed by atoms with E-state index in [1.54, 1.807) is 24.4 Å². The highest BCUT2D eigenvalue weighted by molar-refractivity contribution is 5.91. The highest BCUT2D eigenvalue weighted by Gasteiger charge is 2.15. The number of aromatic nitrogens is 1. The third-order valence-electron chi connectivity index (χ3n) is 3.80. The largest absolute Gasteiger partial charge is 0.445 e. The van der Waals surface area contributed by atoms with Gasteiger partial charge in [-0.15, -0.1) is 0 Å². The number of hydrogen-bond donors (Lipinski definition) is 2. The molecule has 1 amide bonds. The summed E-state index contributed by atoms with van der Waals surface area (Å²) in [6, 6.07) is 10.9. The third-order valence-corrected chi connectivity index (χ3v) is 3.80. The van der Waals surface area contributed by atoms with Gasteiger partial charge >= 0.3 is 0 Å². The molecule has 1 atom stereocenters. The molecule has 128 valence electrons. The summed E-state index contributed by atoms with van der Waals surface area (Å²) in [5, 5.41) is 12.8. The van der Waals surface area contributed by atoms with Crippen molar-refractivity contribution in [2.24, 2.45) is 0 Å². The first-order valence-corrected chi connectivity index (χ1v) is 7.77. The van der Waals surface area contributed by atoms with E-state index in [1.807, 2.05) is 13.0 Å². The summed E-state index contributed by atoms with van der Waals surface area (Å²) >= 11 is 0. The molecule has 2 N–H and O–H groups in total. The number of hydrogen-bond acceptors (Lipinski definition) is 4. The minimum atomic E-state index is -1.08. The lowest BCUT2D eigenvalue weighted by atomic mass is 10.1. The number of rotatable bonds is 5. The maximum Gasteiger partial charge on any atom is 0.227 e. The van der Waals surface area contributed by atoms with Gasteiger partial charge in [-0.25, -0.2) is 9.37 Å². The number of carbonyl (C=O) groups is 1. The predicted molar refractivity (Wildman–Crippen MR) is 91.3 cm³/mol. The molecule has 3 aromatic rings.